The highest BCUT2D eigenvalue weighted by atomic mass is 35.5. The summed E-state index contributed by atoms with van der Waals surface area (Å²) in [5.41, 5.74) is 0.619. The Kier molecular flexibility index (Phi) is 4.19. The SMILES string of the molecule is N#Cc1ccc(S(=O)(=O)Nc2ccc(Cl)cc2Cl)cc1. The largest absolute Gasteiger partial charge is 0.278 e. The van der Waals surface area contributed by atoms with E-state index in [0.717, 1.165) is 0 Å². The number of anilines is 1. The quantitative estimate of drug-likeness (QED) is 0.935. The van der Waals surface area contributed by atoms with Gasteiger partial charge in [0.25, 0.3) is 10.0 Å². The monoisotopic (exact) mass is 326 g/mol. The Labute approximate surface area is 126 Å². The Balaban J connectivity index is 2.33. The van der Waals surface area contributed by atoms with Gasteiger partial charge in [0.15, 0.2) is 0 Å². The third-order valence-corrected chi connectivity index (χ3v) is 4.40. The zero-order chi connectivity index (χ0) is 14.8. The first kappa shape index (κ1) is 14.7. The average Bonchev–Trinajstić information content (AvgIpc) is 2.42. The summed E-state index contributed by atoms with van der Waals surface area (Å²) in [6.07, 6.45) is 0. The van der Waals surface area contributed by atoms with Crippen LogP contribution in [0.1, 0.15) is 5.56 Å². The predicted octanol–water partition coefficient (Wildman–Crippen LogP) is 3.67. The van der Waals surface area contributed by atoms with Crippen molar-refractivity contribution in [2.24, 2.45) is 0 Å². The molecule has 1 N–H and O–H groups in total. The second kappa shape index (κ2) is 5.71. The number of halogens is 2. The van der Waals surface area contributed by atoms with Gasteiger partial charge in [-0.1, -0.05) is 23.2 Å². The normalized spacial score (nSPS) is 10.8. The third-order valence-electron chi connectivity index (χ3n) is 2.47. The topological polar surface area (TPSA) is 70.0 Å². The van der Waals surface area contributed by atoms with Crippen molar-refractivity contribution in [2.45, 2.75) is 4.90 Å². The number of nitriles is 1. The van der Waals surface area contributed by atoms with Crippen molar-refractivity contribution in [3.63, 3.8) is 0 Å². The number of benzene rings is 2. The highest BCUT2D eigenvalue weighted by Crippen LogP contribution is 2.27. The molecule has 7 heteroatoms. The molecular formula is C13H8Cl2N2O2S. The van der Waals surface area contributed by atoms with Crippen LogP contribution in [0.5, 0.6) is 0 Å². The van der Waals surface area contributed by atoms with Gasteiger partial charge in [-0.25, -0.2) is 8.42 Å². The summed E-state index contributed by atoms with van der Waals surface area (Å²) in [5, 5.41) is 9.30. The van der Waals surface area contributed by atoms with Crippen LogP contribution in [-0.4, -0.2) is 8.42 Å². The van der Waals surface area contributed by atoms with Gasteiger partial charge in [0.1, 0.15) is 0 Å². The lowest BCUT2D eigenvalue weighted by Crippen LogP contribution is -2.13. The van der Waals surface area contributed by atoms with Crippen LogP contribution in [-0.2, 0) is 10.0 Å². The van der Waals surface area contributed by atoms with Gasteiger partial charge in [-0.2, -0.15) is 5.26 Å². The molecule has 0 saturated heterocycles. The van der Waals surface area contributed by atoms with E-state index in [1.54, 1.807) is 0 Å². The summed E-state index contributed by atoms with van der Waals surface area (Å²) in [6, 6.07) is 11.9. The van der Waals surface area contributed by atoms with Crippen LogP contribution in [0, 0.1) is 11.3 Å². The van der Waals surface area contributed by atoms with Crippen LogP contribution in [0.15, 0.2) is 47.4 Å². The van der Waals surface area contributed by atoms with Crippen LogP contribution in [0.2, 0.25) is 10.0 Å². The smallest absolute Gasteiger partial charge is 0.261 e. The first-order valence-electron chi connectivity index (χ1n) is 5.40. The van der Waals surface area contributed by atoms with Gasteiger partial charge in [0, 0.05) is 5.02 Å². The van der Waals surface area contributed by atoms with Gasteiger partial charge >= 0.3 is 0 Å². The maximum atomic E-state index is 12.2. The van der Waals surface area contributed by atoms with E-state index < -0.39 is 10.0 Å². The summed E-state index contributed by atoms with van der Waals surface area (Å²) in [6.45, 7) is 0. The van der Waals surface area contributed by atoms with Gasteiger partial charge in [-0.3, -0.25) is 4.72 Å². The minimum absolute atomic E-state index is 0.0440. The summed E-state index contributed by atoms with van der Waals surface area (Å²) in [5.74, 6) is 0. The molecule has 0 saturated carbocycles. The van der Waals surface area contributed by atoms with Crippen molar-refractivity contribution < 1.29 is 8.42 Å². The molecule has 0 heterocycles. The molecule has 0 unspecified atom stereocenters. The molecular weight excluding hydrogens is 319 g/mol. The van der Waals surface area contributed by atoms with E-state index in [4.69, 9.17) is 28.5 Å². The Bertz CT molecular complexity index is 781. The zero-order valence-electron chi connectivity index (χ0n) is 9.97. The van der Waals surface area contributed by atoms with Crippen molar-refractivity contribution in [1.29, 1.82) is 5.26 Å². The van der Waals surface area contributed by atoms with Gasteiger partial charge < -0.3 is 0 Å². The second-order valence-electron chi connectivity index (χ2n) is 3.87. The number of hydrogen-bond acceptors (Lipinski definition) is 3. The molecule has 0 fully saturated rings. The maximum Gasteiger partial charge on any atom is 0.261 e. The highest BCUT2D eigenvalue weighted by Gasteiger charge is 2.15. The molecule has 0 radical (unpaired) electrons. The lowest BCUT2D eigenvalue weighted by molar-refractivity contribution is 0.601. The molecule has 0 aliphatic carbocycles. The van der Waals surface area contributed by atoms with Crippen molar-refractivity contribution in [2.75, 3.05) is 4.72 Å². The zero-order valence-corrected chi connectivity index (χ0v) is 12.3. The number of hydrogen-bond donors (Lipinski definition) is 1. The van der Waals surface area contributed by atoms with E-state index in [2.05, 4.69) is 4.72 Å². The maximum absolute atomic E-state index is 12.2. The first-order valence-corrected chi connectivity index (χ1v) is 7.64. The number of nitrogens with zero attached hydrogens (tertiary/aromatic N) is 1. The standard InChI is InChI=1S/C13H8Cl2N2O2S/c14-10-3-6-13(12(15)7-10)17-20(18,19)11-4-1-9(8-16)2-5-11/h1-7,17H. The fourth-order valence-corrected chi connectivity index (χ4v) is 3.08. The van der Waals surface area contributed by atoms with E-state index in [1.165, 1.54) is 42.5 Å². The van der Waals surface area contributed by atoms with E-state index in [-0.39, 0.29) is 15.6 Å². The minimum Gasteiger partial charge on any atom is -0.278 e. The van der Waals surface area contributed by atoms with Crippen LogP contribution in [0.25, 0.3) is 0 Å². The Morgan fingerprint density at radius 3 is 2.25 bits per heavy atom. The van der Waals surface area contributed by atoms with Crippen LogP contribution in [0.4, 0.5) is 5.69 Å². The molecule has 0 amide bonds. The fraction of sp³-hybridized carbons (Fsp3) is 0. The molecule has 0 aliphatic rings. The molecule has 0 aliphatic heterocycles. The fourth-order valence-electron chi connectivity index (χ4n) is 1.48. The van der Waals surface area contributed by atoms with E-state index in [9.17, 15) is 8.42 Å². The summed E-state index contributed by atoms with van der Waals surface area (Å²) in [4.78, 5) is 0.0440. The van der Waals surface area contributed by atoms with Crippen LogP contribution in [0.3, 0.4) is 0 Å². The van der Waals surface area contributed by atoms with Gasteiger partial charge in [-0.15, -0.1) is 0 Å². The molecule has 0 aromatic heterocycles. The number of nitrogens with one attached hydrogen (secondary N) is 1. The van der Waals surface area contributed by atoms with Crippen molar-refractivity contribution in [3.05, 3.63) is 58.1 Å². The van der Waals surface area contributed by atoms with E-state index >= 15 is 0 Å². The first-order chi connectivity index (χ1) is 9.42. The number of rotatable bonds is 3. The van der Waals surface area contributed by atoms with Crippen molar-refractivity contribution in [1.82, 2.24) is 0 Å². The van der Waals surface area contributed by atoms with Crippen LogP contribution < -0.4 is 4.72 Å². The third kappa shape index (κ3) is 3.23. The van der Waals surface area contributed by atoms with E-state index in [0.29, 0.717) is 10.6 Å². The molecule has 20 heavy (non-hydrogen) atoms. The highest BCUT2D eigenvalue weighted by molar-refractivity contribution is 7.92. The van der Waals surface area contributed by atoms with Gasteiger partial charge in [-0.05, 0) is 42.5 Å². The van der Waals surface area contributed by atoms with Gasteiger partial charge in [0.05, 0.1) is 27.2 Å². The minimum atomic E-state index is -3.76. The van der Waals surface area contributed by atoms with Gasteiger partial charge in [0.2, 0.25) is 0 Å². The molecule has 2 aromatic rings. The van der Waals surface area contributed by atoms with E-state index in [1.807, 2.05) is 6.07 Å². The molecule has 4 nitrogen and oxygen atoms in total. The van der Waals surface area contributed by atoms with Crippen LogP contribution >= 0.6 is 23.2 Å². The lowest BCUT2D eigenvalue weighted by atomic mass is 10.2. The summed E-state index contributed by atoms with van der Waals surface area (Å²) >= 11 is 11.7. The Morgan fingerprint density at radius 1 is 1.05 bits per heavy atom. The average molecular weight is 327 g/mol. The lowest BCUT2D eigenvalue weighted by Gasteiger charge is -2.09. The Hall–Kier alpha value is -1.74. The molecule has 0 bridgehead atoms. The number of sulfonamides is 1. The molecule has 0 atom stereocenters. The van der Waals surface area contributed by atoms with Crippen molar-refractivity contribution in [3.8, 4) is 6.07 Å². The molecule has 102 valence electrons. The van der Waals surface area contributed by atoms with Crippen molar-refractivity contribution >= 4 is 38.9 Å². The summed E-state index contributed by atoms with van der Waals surface area (Å²) in [7, 11) is -3.76. The summed E-state index contributed by atoms with van der Waals surface area (Å²) < 4.78 is 26.7. The molecule has 0 spiro atoms. The molecule has 2 rings (SSSR count). The second-order valence-corrected chi connectivity index (χ2v) is 6.39. The Morgan fingerprint density at radius 2 is 1.70 bits per heavy atom. The molecule has 2 aromatic carbocycles. The predicted molar refractivity (Wildman–Crippen MR) is 78.4 cm³/mol.